The van der Waals surface area contributed by atoms with Crippen LogP contribution in [0.4, 0.5) is 10.1 Å². The molecule has 2 atom stereocenters. The van der Waals surface area contributed by atoms with E-state index in [0.717, 1.165) is 25.7 Å². The molecule has 1 heterocycles. The molecule has 8 heteroatoms. The number of nitrogens with one attached hydrogen (secondary N) is 1. The van der Waals surface area contributed by atoms with Gasteiger partial charge in [0.05, 0.1) is 27.6 Å². The predicted octanol–water partition coefficient (Wildman–Crippen LogP) is 5.13. The summed E-state index contributed by atoms with van der Waals surface area (Å²) in [4.78, 5) is 28.1. The van der Waals surface area contributed by atoms with Crippen molar-refractivity contribution in [3.05, 3.63) is 89.2 Å². The molecule has 2 amide bonds. The van der Waals surface area contributed by atoms with Gasteiger partial charge in [-0.05, 0) is 66.8 Å². The van der Waals surface area contributed by atoms with Gasteiger partial charge in [-0.25, -0.2) is 12.8 Å². The van der Waals surface area contributed by atoms with Crippen LogP contribution in [0.1, 0.15) is 58.9 Å². The molecule has 0 radical (unpaired) electrons. The SMILES string of the molecule is C[C@H]1CCCC[C@H]1NC(=O)c1ccc2c(c1)N(Cc1ccc(F)cc1)C(=O)c1ccccc1S2(=O)=O. The Hall–Kier alpha value is -3.52. The van der Waals surface area contributed by atoms with Crippen LogP contribution >= 0.6 is 0 Å². The minimum atomic E-state index is -4.04. The van der Waals surface area contributed by atoms with Crippen LogP contribution in [-0.2, 0) is 16.4 Å². The molecule has 3 aromatic carbocycles. The second-order valence-corrected chi connectivity index (χ2v) is 11.4. The molecule has 6 nitrogen and oxygen atoms in total. The Morgan fingerprint density at radius 2 is 1.72 bits per heavy atom. The van der Waals surface area contributed by atoms with E-state index in [-0.39, 0.29) is 45.1 Å². The largest absolute Gasteiger partial charge is 0.349 e. The third-order valence-electron chi connectivity index (χ3n) is 7.14. The fourth-order valence-electron chi connectivity index (χ4n) is 5.06. The zero-order valence-electron chi connectivity index (χ0n) is 19.9. The monoisotopic (exact) mass is 506 g/mol. The lowest BCUT2D eigenvalue weighted by Crippen LogP contribution is -2.41. The van der Waals surface area contributed by atoms with Gasteiger partial charge in [0.1, 0.15) is 5.82 Å². The number of fused-ring (bicyclic) bond motifs is 2. The van der Waals surface area contributed by atoms with Crippen LogP contribution in [0.5, 0.6) is 0 Å². The summed E-state index contributed by atoms with van der Waals surface area (Å²) < 4.78 is 40.7. The highest BCUT2D eigenvalue weighted by atomic mass is 32.2. The number of hydrogen-bond donors (Lipinski definition) is 1. The topological polar surface area (TPSA) is 83.6 Å². The number of carbonyl (C=O) groups is 2. The number of hydrogen-bond acceptors (Lipinski definition) is 4. The number of benzene rings is 3. The minimum Gasteiger partial charge on any atom is -0.349 e. The highest BCUT2D eigenvalue weighted by Crippen LogP contribution is 2.38. The Morgan fingerprint density at radius 1 is 1.00 bits per heavy atom. The van der Waals surface area contributed by atoms with Gasteiger partial charge in [-0.1, -0.05) is 44.0 Å². The van der Waals surface area contributed by atoms with Gasteiger partial charge in [0, 0.05) is 11.6 Å². The van der Waals surface area contributed by atoms with Gasteiger partial charge in [0.25, 0.3) is 11.8 Å². The quantitative estimate of drug-likeness (QED) is 0.532. The molecule has 1 saturated carbocycles. The van der Waals surface area contributed by atoms with E-state index in [4.69, 9.17) is 0 Å². The van der Waals surface area contributed by atoms with Crippen LogP contribution < -0.4 is 10.2 Å². The van der Waals surface area contributed by atoms with Crippen LogP contribution in [0.2, 0.25) is 0 Å². The first-order valence-corrected chi connectivity index (χ1v) is 13.6. The van der Waals surface area contributed by atoms with Crippen molar-refractivity contribution in [2.45, 2.75) is 55.0 Å². The summed E-state index contributed by atoms with van der Waals surface area (Å²) in [6.45, 7) is 2.13. The lowest BCUT2D eigenvalue weighted by atomic mass is 9.86. The van der Waals surface area contributed by atoms with Crippen molar-refractivity contribution in [1.82, 2.24) is 5.32 Å². The maximum atomic E-state index is 13.7. The Balaban J connectivity index is 1.60. The number of rotatable bonds is 4. The molecule has 0 bridgehead atoms. The number of sulfone groups is 1. The van der Waals surface area contributed by atoms with Crippen molar-refractivity contribution in [2.24, 2.45) is 5.92 Å². The molecule has 0 spiro atoms. The molecular weight excluding hydrogens is 479 g/mol. The van der Waals surface area contributed by atoms with Crippen LogP contribution in [0.3, 0.4) is 0 Å². The molecule has 186 valence electrons. The number of carbonyl (C=O) groups excluding carboxylic acids is 2. The van der Waals surface area contributed by atoms with Crippen LogP contribution in [0.15, 0.2) is 76.5 Å². The van der Waals surface area contributed by atoms with Crippen LogP contribution in [0, 0.1) is 11.7 Å². The van der Waals surface area contributed by atoms with Crippen molar-refractivity contribution in [2.75, 3.05) is 4.90 Å². The van der Waals surface area contributed by atoms with Gasteiger partial charge in [-0.15, -0.1) is 0 Å². The van der Waals surface area contributed by atoms with E-state index in [1.165, 1.54) is 47.4 Å². The maximum absolute atomic E-state index is 13.7. The molecule has 0 aromatic heterocycles. The Labute approximate surface area is 210 Å². The van der Waals surface area contributed by atoms with Gasteiger partial charge >= 0.3 is 0 Å². The maximum Gasteiger partial charge on any atom is 0.259 e. The van der Waals surface area contributed by atoms with E-state index in [1.54, 1.807) is 24.3 Å². The van der Waals surface area contributed by atoms with E-state index in [2.05, 4.69) is 12.2 Å². The highest BCUT2D eigenvalue weighted by molar-refractivity contribution is 7.91. The third kappa shape index (κ3) is 4.41. The Kier molecular flexibility index (Phi) is 6.38. The summed E-state index contributed by atoms with van der Waals surface area (Å²) >= 11 is 0. The molecule has 2 aliphatic rings. The van der Waals surface area contributed by atoms with Gasteiger partial charge < -0.3 is 10.2 Å². The Bertz CT molecular complexity index is 1440. The minimum absolute atomic E-state index is 0.0146. The van der Waals surface area contributed by atoms with Crippen LogP contribution in [-0.4, -0.2) is 26.3 Å². The van der Waals surface area contributed by atoms with E-state index in [0.29, 0.717) is 11.5 Å². The summed E-state index contributed by atoms with van der Waals surface area (Å²) in [7, 11) is -4.04. The van der Waals surface area contributed by atoms with Crippen molar-refractivity contribution >= 4 is 27.3 Å². The number of halogens is 1. The fraction of sp³-hybridized carbons (Fsp3) is 0.286. The molecule has 1 aliphatic heterocycles. The number of nitrogens with zero attached hydrogens (tertiary/aromatic N) is 1. The van der Waals surface area contributed by atoms with Crippen molar-refractivity contribution in [1.29, 1.82) is 0 Å². The van der Waals surface area contributed by atoms with Crippen LogP contribution in [0.25, 0.3) is 0 Å². The first-order valence-electron chi connectivity index (χ1n) is 12.1. The number of anilines is 1. The average Bonchev–Trinajstić information content (AvgIpc) is 2.94. The summed E-state index contributed by atoms with van der Waals surface area (Å²) in [6, 6.07) is 16.2. The average molecular weight is 507 g/mol. The van der Waals surface area contributed by atoms with Crippen molar-refractivity contribution < 1.29 is 22.4 Å². The highest BCUT2D eigenvalue weighted by Gasteiger charge is 2.36. The van der Waals surface area contributed by atoms with Gasteiger partial charge in [0.15, 0.2) is 0 Å². The molecule has 0 saturated heterocycles. The third-order valence-corrected chi connectivity index (χ3v) is 8.99. The molecule has 3 aromatic rings. The van der Waals surface area contributed by atoms with E-state index in [1.807, 2.05) is 0 Å². The van der Waals surface area contributed by atoms with Gasteiger partial charge in [-0.2, -0.15) is 0 Å². The number of amides is 2. The normalized spacial score (nSPS) is 20.7. The molecule has 5 rings (SSSR count). The summed E-state index contributed by atoms with van der Waals surface area (Å²) in [5.74, 6) is -0.860. The van der Waals surface area contributed by atoms with Crippen molar-refractivity contribution in [3.63, 3.8) is 0 Å². The fourth-order valence-corrected chi connectivity index (χ4v) is 6.69. The zero-order chi connectivity index (χ0) is 25.4. The molecule has 0 unspecified atom stereocenters. The summed E-state index contributed by atoms with van der Waals surface area (Å²) in [5, 5.41) is 3.09. The zero-order valence-corrected chi connectivity index (χ0v) is 20.7. The van der Waals surface area contributed by atoms with Gasteiger partial charge in [-0.3, -0.25) is 9.59 Å². The molecular formula is C28H27FN2O4S. The molecule has 1 aliphatic carbocycles. The first kappa shape index (κ1) is 24.2. The van der Waals surface area contributed by atoms with E-state index in [9.17, 15) is 22.4 Å². The first-order chi connectivity index (χ1) is 17.3. The summed E-state index contributed by atoms with van der Waals surface area (Å²) in [5.41, 5.74) is 1.09. The van der Waals surface area contributed by atoms with Gasteiger partial charge in [0.2, 0.25) is 9.84 Å². The second-order valence-electron chi connectivity index (χ2n) is 9.54. The molecule has 36 heavy (non-hydrogen) atoms. The van der Waals surface area contributed by atoms with E-state index < -0.39 is 21.6 Å². The molecule has 1 fully saturated rings. The standard InChI is InChI=1S/C28H27FN2O4S/c1-18-6-2-4-8-23(18)30-27(32)20-12-15-26-24(16-20)31(17-19-10-13-21(29)14-11-19)28(33)22-7-3-5-9-25(22)36(26,34)35/h3,5,7,9-16,18,23H,2,4,6,8,17H2,1H3,(H,30,32)/t18-,23+/m0/s1. The molecule has 1 N–H and O–H groups in total. The van der Waals surface area contributed by atoms with Crippen molar-refractivity contribution in [3.8, 4) is 0 Å². The summed E-state index contributed by atoms with van der Waals surface area (Å²) in [6.07, 6.45) is 4.14. The Morgan fingerprint density at radius 3 is 2.47 bits per heavy atom. The predicted molar refractivity (Wildman–Crippen MR) is 134 cm³/mol. The smallest absolute Gasteiger partial charge is 0.259 e. The second kappa shape index (κ2) is 9.50. The lowest BCUT2D eigenvalue weighted by molar-refractivity contribution is 0.0908. The lowest BCUT2D eigenvalue weighted by Gasteiger charge is -2.29. The van der Waals surface area contributed by atoms with E-state index >= 15 is 0 Å².